The van der Waals surface area contributed by atoms with Crippen LogP contribution in [0.2, 0.25) is 0 Å². The van der Waals surface area contributed by atoms with Crippen LogP contribution in [-0.4, -0.2) is 51.3 Å². The molecule has 1 aliphatic rings. The van der Waals surface area contributed by atoms with E-state index >= 15 is 0 Å². The van der Waals surface area contributed by atoms with Crippen molar-refractivity contribution in [1.29, 1.82) is 0 Å². The van der Waals surface area contributed by atoms with Gasteiger partial charge in [0.25, 0.3) is 5.91 Å². The number of hydrogen-bond donors (Lipinski definition) is 2. The van der Waals surface area contributed by atoms with Gasteiger partial charge in [-0.05, 0) is 37.5 Å². The van der Waals surface area contributed by atoms with Gasteiger partial charge in [0.1, 0.15) is 11.6 Å². The third-order valence-electron chi connectivity index (χ3n) is 5.05. The SMILES string of the molecule is CCn1ccnc1CNCC1(O)CCCN(Cc2cccc(OC)c2)C1=O. The van der Waals surface area contributed by atoms with E-state index in [1.54, 1.807) is 18.2 Å². The van der Waals surface area contributed by atoms with E-state index in [0.717, 1.165) is 30.1 Å². The molecule has 1 aromatic heterocycles. The molecule has 0 saturated carbocycles. The van der Waals surface area contributed by atoms with Crippen molar-refractivity contribution >= 4 is 5.91 Å². The lowest BCUT2D eigenvalue weighted by molar-refractivity contribution is -0.157. The topological polar surface area (TPSA) is 79.6 Å². The molecule has 1 saturated heterocycles. The molecule has 1 amide bonds. The normalized spacial score (nSPS) is 20.1. The third kappa shape index (κ3) is 4.48. The Bertz CT molecular complexity index is 776. The van der Waals surface area contributed by atoms with Crippen molar-refractivity contribution in [3.8, 4) is 5.75 Å². The predicted molar refractivity (Wildman–Crippen MR) is 102 cm³/mol. The van der Waals surface area contributed by atoms with Crippen LogP contribution >= 0.6 is 0 Å². The number of aliphatic hydroxyl groups is 1. The van der Waals surface area contributed by atoms with E-state index in [1.165, 1.54) is 0 Å². The fraction of sp³-hybridized carbons (Fsp3) is 0.500. The molecule has 1 fully saturated rings. The highest BCUT2D eigenvalue weighted by Crippen LogP contribution is 2.24. The molecule has 146 valence electrons. The van der Waals surface area contributed by atoms with Crippen LogP contribution in [-0.2, 0) is 24.4 Å². The van der Waals surface area contributed by atoms with Crippen LogP contribution in [0.1, 0.15) is 31.2 Å². The van der Waals surface area contributed by atoms with Gasteiger partial charge in [-0.3, -0.25) is 4.79 Å². The lowest BCUT2D eigenvalue weighted by atomic mass is 9.91. The molecule has 0 bridgehead atoms. The van der Waals surface area contributed by atoms with Crippen molar-refractivity contribution in [2.75, 3.05) is 20.2 Å². The molecule has 27 heavy (non-hydrogen) atoms. The minimum absolute atomic E-state index is 0.219. The predicted octanol–water partition coefficient (Wildman–Crippen LogP) is 1.55. The molecule has 3 rings (SSSR count). The first kappa shape index (κ1) is 19.4. The fourth-order valence-electron chi connectivity index (χ4n) is 3.55. The standard InChI is InChI=1S/C20H28N4O3/c1-3-23-11-9-22-18(23)13-21-15-20(26)8-5-10-24(19(20)25)14-16-6-4-7-17(12-16)27-2/h4,6-7,9,11-12,21,26H,3,5,8,10,13-15H2,1-2H3. The van der Waals surface area contributed by atoms with Crippen molar-refractivity contribution in [3.05, 3.63) is 48.0 Å². The number of methoxy groups -OCH3 is 1. The summed E-state index contributed by atoms with van der Waals surface area (Å²) in [4.78, 5) is 18.9. The summed E-state index contributed by atoms with van der Waals surface area (Å²) in [7, 11) is 1.62. The molecule has 7 heteroatoms. The zero-order chi connectivity index (χ0) is 19.3. The smallest absolute Gasteiger partial charge is 0.256 e. The number of hydrogen-bond acceptors (Lipinski definition) is 5. The minimum atomic E-state index is -1.37. The van der Waals surface area contributed by atoms with Gasteiger partial charge in [-0.2, -0.15) is 0 Å². The molecule has 0 spiro atoms. The second kappa shape index (κ2) is 8.54. The first-order valence-corrected chi connectivity index (χ1v) is 9.41. The highest BCUT2D eigenvalue weighted by Gasteiger charge is 2.41. The number of amides is 1. The van der Waals surface area contributed by atoms with E-state index in [1.807, 2.05) is 35.0 Å². The largest absolute Gasteiger partial charge is 0.497 e. The first-order chi connectivity index (χ1) is 13.1. The number of nitrogens with zero attached hydrogens (tertiary/aromatic N) is 3. The molecule has 7 nitrogen and oxygen atoms in total. The number of benzene rings is 1. The summed E-state index contributed by atoms with van der Waals surface area (Å²) in [6, 6.07) is 7.67. The van der Waals surface area contributed by atoms with Crippen LogP contribution in [0.4, 0.5) is 0 Å². The molecule has 1 aliphatic heterocycles. The number of carbonyl (C=O) groups is 1. The van der Waals surface area contributed by atoms with Gasteiger partial charge < -0.3 is 24.6 Å². The number of aromatic nitrogens is 2. The average molecular weight is 372 g/mol. The van der Waals surface area contributed by atoms with Gasteiger partial charge in [0.15, 0.2) is 5.60 Å². The number of carbonyl (C=O) groups excluding carboxylic acids is 1. The van der Waals surface area contributed by atoms with E-state index in [2.05, 4.69) is 17.2 Å². The van der Waals surface area contributed by atoms with Gasteiger partial charge in [-0.15, -0.1) is 0 Å². The first-order valence-electron chi connectivity index (χ1n) is 9.41. The number of aryl methyl sites for hydroxylation is 1. The van der Waals surface area contributed by atoms with Crippen LogP contribution in [0.3, 0.4) is 0 Å². The van der Waals surface area contributed by atoms with Gasteiger partial charge in [0.2, 0.25) is 0 Å². The van der Waals surface area contributed by atoms with Gasteiger partial charge >= 0.3 is 0 Å². The Balaban J connectivity index is 1.60. The second-order valence-corrected chi connectivity index (χ2v) is 6.95. The number of piperidine rings is 1. The van der Waals surface area contributed by atoms with Gasteiger partial charge in [0.05, 0.1) is 13.7 Å². The monoisotopic (exact) mass is 372 g/mol. The molecule has 1 unspecified atom stereocenters. The molecular weight excluding hydrogens is 344 g/mol. The Kier molecular flexibility index (Phi) is 6.13. The maximum Gasteiger partial charge on any atom is 0.256 e. The fourth-order valence-corrected chi connectivity index (χ4v) is 3.55. The average Bonchev–Trinajstić information content (AvgIpc) is 3.13. The highest BCUT2D eigenvalue weighted by molar-refractivity contribution is 5.86. The Labute approximate surface area is 160 Å². The van der Waals surface area contributed by atoms with Crippen LogP contribution in [0.15, 0.2) is 36.7 Å². The van der Waals surface area contributed by atoms with Crippen molar-refractivity contribution in [3.63, 3.8) is 0 Å². The quantitative estimate of drug-likeness (QED) is 0.735. The van der Waals surface area contributed by atoms with Gasteiger partial charge in [-0.25, -0.2) is 4.98 Å². The molecule has 2 N–H and O–H groups in total. The summed E-state index contributed by atoms with van der Waals surface area (Å²) in [5.41, 5.74) is -0.384. The zero-order valence-corrected chi connectivity index (χ0v) is 16.0. The highest BCUT2D eigenvalue weighted by atomic mass is 16.5. The van der Waals surface area contributed by atoms with E-state index in [4.69, 9.17) is 4.74 Å². The van der Waals surface area contributed by atoms with E-state index < -0.39 is 5.60 Å². The van der Waals surface area contributed by atoms with Crippen LogP contribution in [0, 0.1) is 0 Å². The Morgan fingerprint density at radius 1 is 1.41 bits per heavy atom. The van der Waals surface area contributed by atoms with Crippen molar-refractivity contribution in [2.24, 2.45) is 0 Å². The van der Waals surface area contributed by atoms with Crippen molar-refractivity contribution in [1.82, 2.24) is 19.8 Å². The summed E-state index contributed by atoms with van der Waals surface area (Å²) in [5, 5.41) is 14.1. The van der Waals surface area contributed by atoms with Crippen LogP contribution < -0.4 is 10.1 Å². The van der Waals surface area contributed by atoms with E-state index in [-0.39, 0.29) is 12.5 Å². The van der Waals surface area contributed by atoms with Gasteiger partial charge in [-0.1, -0.05) is 12.1 Å². The Morgan fingerprint density at radius 2 is 2.26 bits per heavy atom. The lowest BCUT2D eigenvalue weighted by Gasteiger charge is -2.38. The number of ether oxygens (including phenoxy) is 1. The summed E-state index contributed by atoms with van der Waals surface area (Å²) < 4.78 is 7.28. The lowest BCUT2D eigenvalue weighted by Crippen LogP contribution is -2.57. The maximum atomic E-state index is 12.9. The number of likely N-dealkylation sites (tertiary alicyclic amines) is 1. The van der Waals surface area contributed by atoms with E-state index in [9.17, 15) is 9.90 Å². The van der Waals surface area contributed by atoms with E-state index in [0.29, 0.717) is 26.1 Å². The summed E-state index contributed by atoms with van der Waals surface area (Å²) in [5.74, 6) is 1.45. The maximum absolute atomic E-state index is 12.9. The summed E-state index contributed by atoms with van der Waals surface area (Å²) in [6.45, 7) is 4.76. The van der Waals surface area contributed by atoms with Crippen molar-refractivity contribution < 1.29 is 14.6 Å². The Morgan fingerprint density at radius 3 is 3.04 bits per heavy atom. The molecule has 0 radical (unpaired) electrons. The van der Waals surface area contributed by atoms with Crippen molar-refractivity contribution in [2.45, 2.75) is 45.0 Å². The van der Waals surface area contributed by atoms with Crippen LogP contribution in [0.5, 0.6) is 5.75 Å². The molecule has 2 aromatic rings. The molecular formula is C20H28N4O3. The minimum Gasteiger partial charge on any atom is -0.497 e. The Hall–Kier alpha value is -2.38. The van der Waals surface area contributed by atoms with Crippen LogP contribution in [0.25, 0.3) is 0 Å². The number of rotatable bonds is 8. The molecule has 1 aromatic carbocycles. The second-order valence-electron chi connectivity index (χ2n) is 6.95. The molecule has 0 aliphatic carbocycles. The summed E-state index contributed by atoms with van der Waals surface area (Å²) >= 11 is 0. The third-order valence-corrected chi connectivity index (χ3v) is 5.05. The number of imidazole rings is 1. The zero-order valence-electron chi connectivity index (χ0n) is 16.0. The number of nitrogens with one attached hydrogen (secondary N) is 1. The molecule has 1 atom stereocenters. The summed E-state index contributed by atoms with van der Waals surface area (Å²) in [6.07, 6.45) is 4.93. The molecule has 2 heterocycles. The van der Waals surface area contributed by atoms with Gasteiger partial charge in [0, 0.05) is 38.6 Å².